The van der Waals surface area contributed by atoms with Crippen LogP contribution in [0.1, 0.15) is 45.4 Å². The Morgan fingerprint density at radius 3 is 2.56 bits per heavy atom. The van der Waals surface area contributed by atoms with Crippen molar-refractivity contribution in [3.63, 3.8) is 0 Å². The fourth-order valence-electron chi connectivity index (χ4n) is 1.63. The van der Waals surface area contributed by atoms with Crippen LogP contribution in [0, 0.1) is 0 Å². The van der Waals surface area contributed by atoms with Crippen LogP contribution >= 0.6 is 23.4 Å². The van der Waals surface area contributed by atoms with Gasteiger partial charge in [-0.25, -0.2) is 0 Å². The second kappa shape index (κ2) is 8.95. The van der Waals surface area contributed by atoms with Crippen molar-refractivity contribution in [3.8, 4) is 0 Å². The molecule has 0 saturated heterocycles. The number of benzene rings is 1. The summed E-state index contributed by atoms with van der Waals surface area (Å²) in [7, 11) is 0. The molecule has 0 saturated carbocycles. The molecule has 0 aliphatic rings. The first-order valence-electron chi connectivity index (χ1n) is 6.21. The minimum absolute atomic E-state index is 0.841. The maximum atomic E-state index is 5.93. The van der Waals surface area contributed by atoms with Crippen molar-refractivity contribution >= 4 is 23.4 Å². The number of unbranched alkanes of at least 4 members (excludes halogenated alkanes) is 5. The fraction of sp³-hybridized carbons (Fsp3) is 0.571. The molecular formula is C14H21ClS. The molecule has 0 atom stereocenters. The first kappa shape index (κ1) is 13.9. The minimum atomic E-state index is 0.841. The number of thioether (sulfide) groups is 1. The molecule has 1 aromatic rings. The van der Waals surface area contributed by atoms with E-state index < -0.39 is 0 Å². The Bertz CT molecular complexity index is 286. The summed E-state index contributed by atoms with van der Waals surface area (Å²) in [5, 5.41) is 0.841. The summed E-state index contributed by atoms with van der Waals surface area (Å²) < 4.78 is 0. The van der Waals surface area contributed by atoms with Crippen molar-refractivity contribution < 1.29 is 0 Å². The summed E-state index contributed by atoms with van der Waals surface area (Å²) in [5.74, 6) is 1.21. The van der Waals surface area contributed by atoms with E-state index in [1.807, 2.05) is 30.0 Å². The molecule has 0 radical (unpaired) electrons. The lowest BCUT2D eigenvalue weighted by atomic mass is 10.1. The van der Waals surface area contributed by atoms with E-state index >= 15 is 0 Å². The lowest BCUT2D eigenvalue weighted by Crippen LogP contribution is -1.82. The van der Waals surface area contributed by atoms with E-state index in [1.165, 1.54) is 49.2 Å². The molecular weight excluding hydrogens is 236 g/mol. The highest BCUT2D eigenvalue weighted by Gasteiger charge is 1.95. The Balaban J connectivity index is 2.03. The number of hydrogen-bond donors (Lipinski definition) is 0. The lowest BCUT2D eigenvalue weighted by molar-refractivity contribution is 0.627. The van der Waals surface area contributed by atoms with E-state index in [9.17, 15) is 0 Å². The van der Waals surface area contributed by atoms with Crippen molar-refractivity contribution in [2.45, 2.75) is 50.3 Å². The van der Waals surface area contributed by atoms with Crippen molar-refractivity contribution in [2.75, 3.05) is 5.75 Å². The van der Waals surface area contributed by atoms with Gasteiger partial charge in [-0.3, -0.25) is 0 Å². The van der Waals surface area contributed by atoms with Gasteiger partial charge in [0.25, 0.3) is 0 Å². The van der Waals surface area contributed by atoms with Crippen LogP contribution in [0.4, 0.5) is 0 Å². The van der Waals surface area contributed by atoms with Gasteiger partial charge in [0.15, 0.2) is 0 Å². The van der Waals surface area contributed by atoms with Gasteiger partial charge in [-0.15, -0.1) is 11.8 Å². The van der Waals surface area contributed by atoms with E-state index in [4.69, 9.17) is 11.6 Å². The average molecular weight is 257 g/mol. The maximum Gasteiger partial charge on any atom is 0.0417 e. The molecule has 0 nitrogen and oxygen atoms in total. The minimum Gasteiger partial charge on any atom is -0.126 e. The Morgan fingerprint density at radius 1 is 1.06 bits per heavy atom. The zero-order chi connectivity index (χ0) is 11.6. The van der Waals surface area contributed by atoms with Crippen molar-refractivity contribution in [1.29, 1.82) is 0 Å². The normalized spacial score (nSPS) is 10.6. The Kier molecular flexibility index (Phi) is 7.79. The largest absolute Gasteiger partial charge is 0.126 e. The van der Waals surface area contributed by atoms with E-state index in [1.54, 1.807) is 0 Å². The molecule has 90 valence electrons. The van der Waals surface area contributed by atoms with Crippen molar-refractivity contribution in [3.05, 3.63) is 29.3 Å². The zero-order valence-corrected chi connectivity index (χ0v) is 11.6. The second-order valence-corrected chi connectivity index (χ2v) is 5.68. The number of halogens is 1. The predicted octanol–water partition coefficient (Wildman–Crippen LogP) is 5.79. The van der Waals surface area contributed by atoms with Gasteiger partial charge in [0.05, 0.1) is 0 Å². The van der Waals surface area contributed by atoms with Crippen LogP contribution in [0.3, 0.4) is 0 Å². The summed E-state index contributed by atoms with van der Waals surface area (Å²) in [5.41, 5.74) is 0. The average Bonchev–Trinajstić information content (AvgIpc) is 2.28. The molecule has 0 aromatic heterocycles. The molecule has 16 heavy (non-hydrogen) atoms. The SMILES string of the molecule is CCCCCCCCSc1cccc(Cl)c1. The summed E-state index contributed by atoms with van der Waals surface area (Å²) in [6.07, 6.45) is 8.20. The van der Waals surface area contributed by atoms with Gasteiger partial charge in [-0.1, -0.05) is 56.7 Å². The summed E-state index contributed by atoms with van der Waals surface area (Å²) in [6.45, 7) is 2.26. The predicted molar refractivity (Wildman–Crippen MR) is 75.6 cm³/mol. The molecule has 0 aliphatic carbocycles. The van der Waals surface area contributed by atoms with Crippen LogP contribution in [-0.4, -0.2) is 5.75 Å². The van der Waals surface area contributed by atoms with Crippen LogP contribution in [0.25, 0.3) is 0 Å². The molecule has 0 fully saturated rings. The Hall–Kier alpha value is -0.140. The van der Waals surface area contributed by atoms with E-state index in [0.717, 1.165) is 5.02 Å². The third-order valence-corrected chi connectivity index (χ3v) is 3.88. The smallest absolute Gasteiger partial charge is 0.0417 e. The highest BCUT2D eigenvalue weighted by Crippen LogP contribution is 2.22. The van der Waals surface area contributed by atoms with Crippen LogP contribution in [0.2, 0.25) is 5.02 Å². The monoisotopic (exact) mass is 256 g/mol. The molecule has 0 aliphatic heterocycles. The quantitative estimate of drug-likeness (QED) is 0.419. The van der Waals surface area contributed by atoms with Gasteiger partial charge in [0, 0.05) is 9.92 Å². The van der Waals surface area contributed by atoms with Crippen LogP contribution in [0.5, 0.6) is 0 Å². The summed E-state index contributed by atoms with van der Waals surface area (Å²) >= 11 is 7.84. The highest BCUT2D eigenvalue weighted by atomic mass is 35.5. The van der Waals surface area contributed by atoms with Crippen molar-refractivity contribution in [2.24, 2.45) is 0 Å². The third-order valence-electron chi connectivity index (χ3n) is 2.56. The van der Waals surface area contributed by atoms with Gasteiger partial charge in [0.2, 0.25) is 0 Å². The molecule has 0 amide bonds. The zero-order valence-electron chi connectivity index (χ0n) is 10.0. The topological polar surface area (TPSA) is 0 Å². The molecule has 1 aromatic carbocycles. The molecule has 1 rings (SSSR count). The van der Waals surface area contributed by atoms with Crippen LogP contribution < -0.4 is 0 Å². The number of hydrogen-bond acceptors (Lipinski definition) is 1. The van der Waals surface area contributed by atoms with E-state index in [2.05, 4.69) is 13.0 Å². The third kappa shape index (κ3) is 6.44. The number of rotatable bonds is 8. The standard InChI is InChI=1S/C14H21ClS/c1-2-3-4-5-6-7-11-16-14-10-8-9-13(15)12-14/h8-10,12H,2-7,11H2,1H3. The van der Waals surface area contributed by atoms with Crippen molar-refractivity contribution in [1.82, 2.24) is 0 Å². The highest BCUT2D eigenvalue weighted by molar-refractivity contribution is 7.99. The molecule has 0 heterocycles. The molecule has 0 N–H and O–H groups in total. The lowest BCUT2D eigenvalue weighted by Gasteiger charge is -2.02. The summed E-state index contributed by atoms with van der Waals surface area (Å²) in [4.78, 5) is 1.29. The van der Waals surface area contributed by atoms with E-state index in [-0.39, 0.29) is 0 Å². The van der Waals surface area contributed by atoms with Gasteiger partial charge in [-0.2, -0.15) is 0 Å². The van der Waals surface area contributed by atoms with Gasteiger partial charge >= 0.3 is 0 Å². The molecule has 0 unspecified atom stereocenters. The first-order chi connectivity index (χ1) is 7.83. The van der Waals surface area contributed by atoms with Gasteiger partial charge < -0.3 is 0 Å². The Labute approximate surface area is 109 Å². The maximum absolute atomic E-state index is 5.93. The van der Waals surface area contributed by atoms with Crippen LogP contribution in [0.15, 0.2) is 29.2 Å². The molecule has 0 spiro atoms. The molecule has 0 bridgehead atoms. The van der Waals surface area contributed by atoms with Gasteiger partial charge in [-0.05, 0) is 30.4 Å². The second-order valence-electron chi connectivity index (χ2n) is 4.07. The van der Waals surface area contributed by atoms with Crippen LogP contribution in [-0.2, 0) is 0 Å². The Morgan fingerprint density at radius 2 is 1.81 bits per heavy atom. The first-order valence-corrected chi connectivity index (χ1v) is 7.57. The van der Waals surface area contributed by atoms with E-state index in [0.29, 0.717) is 0 Å². The fourth-order valence-corrected chi connectivity index (χ4v) is 2.85. The summed E-state index contributed by atoms with van der Waals surface area (Å²) in [6, 6.07) is 8.12. The molecule has 2 heteroatoms. The van der Waals surface area contributed by atoms with Gasteiger partial charge in [0.1, 0.15) is 0 Å².